The third-order valence-electron chi connectivity index (χ3n) is 3.15. The minimum Gasteiger partial charge on any atom is -0.393 e. The van der Waals surface area contributed by atoms with Gasteiger partial charge in [-0.3, -0.25) is 14.6 Å². The van der Waals surface area contributed by atoms with Gasteiger partial charge in [0.25, 0.3) is 11.5 Å². The largest absolute Gasteiger partial charge is 0.393 e. The van der Waals surface area contributed by atoms with E-state index in [1.807, 2.05) is 4.98 Å². The van der Waals surface area contributed by atoms with Crippen LogP contribution >= 0.6 is 0 Å². The standard InChI is InChI=1S/C11H15N3O4/c15-8-3-1-2-6(8)5-12-10(17)7-4-9(16)14-11(18)13-7/h4,6,8,15H,1-3,5H2,(H,12,17)(H2,13,14,16,18). The van der Waals surface area contributed by atoms with Gasteiger partial charge in [-0.15, -0.1) is 0 Å². The number of aliphatic hydroxyl groups is 1. The molecule has 0 aromatic carbocycles. The van der Waals surface area contributed by atoms with Crippen LogP contribution in [0, 0.1) is 5.92 Å². The molecule has 1 aliphatic carbocycles. The molecule has 0 bridgehead atoms. The lowest BCUT2D eigenvalue weighted by Gasteiger charge is -2.14. The fourth-order valence-corrected chi connectivity index (χ4v) is 2.17. The summed E-state index contributed by atoms with van der Waals surface area (Å²) in [7, 11) is 0. The first-order valence-corrected chi connectivity index (χ1v) is 5.86. The van der Waals surface area contributed by atoms with E-state index in [0.29, 0.717) is 6.54 Å². The second kappa shape index (κ2) is 5.18. The fraction of sp³-hybridized carbons (Fsp3) is 0.545. The van der Waals surface area contributed by atoms with E-state index in [4.69, 9.17) is 0 Å². The molecule has 1 aliphatic rings. The molecular formula is C11H15N3O4. The maximum absolute atomic E-state index is 11.7. The number of rotatable bonds is 3. The van der Waals surface area contributed by atoms with Crippen molar-refractivity contribution in [1.29, 1.82) is 0 Å². The maximum Gasteiger partial charge on any atom is 0.326 e. The third kappa shape index (κ3) is 2.86. The lowest BCUT2D eigenvalue weighted by Crippen LogP contribution is -2.35. The Hall–Kier alpha value is -1.89. The molecule has 1 fully saturated rings. The second-order valence-electron chi connectivity index (χ2n) is 4.47. The molecule has 7 heteroatoms. The van der Waals surface area contributed by atoms with Crippen molar-refractivity contribution in [3.63, 3.8) is 0 Å². The molecule has 2 unspecified atom stereocenters. The Morgan fingerprint density at radius 3 is 2.78 bits per heavy atom. The Morgan fingerprint density at radius 2 is 2.17 bits per heavy atom. The van der Waals surface area contributed by atoms with Gasteiger partial charge in [-0.25, -0.2) is 4.79 Å². The van der Waals surface area contributed by atoms with Crippen molar-refractivity contribution in [2.45, 2.75) is 25.4 Å². The Balaban J connectivity index is 1.99. The predicted molar refractivity (Wildman–Crippen MR) is 63.4 cm³/mol. The monoisotopic (exact) mass is 253 g/mol. The average Bonchev–Trinajstić information content (AvgIpc) is 2.70. The van der Waals surface area contributed by atoms with Crippen LogP contribution in [0.15, 0.2) is 15.7 Å². The topological polar surface area (TPSA) is 115 Å². The van der Waals surface area contributed by atoms with Crippen molar-refractivity contribution >= 4 is 5.91 Å². The Kier molecular flexibility index (Phi) is 3.61. The molecule has 0 spiro atoms. The highest BCUT2D eigenvalue weighted by molar-refractivity contribution is 5.91. The predicted octanol–water partition coefficient (Wildman–Crippen LogP) is -1.05. The van der Waals surface area contributed by atoms with Crippen molar-refractivity contribution in [2.24, 2.45) is 5.92 Å². The summed E-state index contributed by atoms with van der Waals surface area (Å²) in [6, 6.07) is 1.03. The van der Waals surface area contributed by atoms with Crippen LogP contribution in [0.4, 0.5) is 0 Å². The molecule has 1 amide bonds. The van der Waals surface area contributed by atoms with Crippen molar-refractivity contribution in [2.75, 3.05) is 6.54 Å². The van der Waals surface area contributed by atoms with Gasteiger partial charge in [-0.1, -0.05) is 6.42 Å². The number of hydrogen-bond donors (Lipinski definition) is 4. The smallest absolute Gasteiger partial charge is 0.326 e. The first-order valence-electron chi connectivity index (χ1n) is 5.86. The molecule has 98 valence electrons. The quantitative estimate of drug-likeness (QED) is 0.550. The molecule has 1 aromatic rings. The first-order chi connectivity index (χ1) is 8.56. The molecule has 2 rings (SSSR count). The zero-order valence-electron chi connectivity index (χ0n) is 9.73. The zero-order chi connectivity index (χ0) is 13.1. The van der Waals surface area contributed by atoms with Gasteiger partial charge < -0.3 is 15.4 Å². The molecular weight excluding hydrogens is 238 g/mol. The molecule has 18 heavy (non-hydrogen) atoms. The Morgan fingerprint density at radius 1 is 1.39 bits per heavy atom. The van der Waals surface area contributed by atoms with E-state index in [0.717, 1.165) is 25.3 Å². The summed E-state index contributed by atoms with van der Waals surface area (Å²) in [4.78, 5) is 38.0. The van der Waals surface area contributed by atoms with Crippen molar-refractivity contribution in [1.82, 2.24) is 15.3 Å². The third-order valence-corrected chi connectivity index (χ3v) is 3.15. The summed E-state index contributed by atoms with van der Waals surface area (Å²) in [5, 5.41) is 12.2. The average molecular weight is 253 g/mol. The van der Waals surface area contributed by atoms with Crippen LogP contribution in [0.5, 0.6) is 0 Å². The molecule has 1 saturated carbocycles. The van der Waals surface area contributed by atoms with Crippen LogP contribution in [0.1, 0.15) is 29.8 Å². The van der Waals surface area contributed by atoms with Crippen molar-refractivity contribution in [3.05, 3.63) is 32.6 Å². The van der Waals surface area contributed by atoms with E-state index >= 15 is 0 Å². The van der Waals surface area contributed by atoms with Crippen LogP contribution in [0.3, 0.4) is 0 Å². The SMILES string of the molecule is O=C(NCC1CCCC1O)c1cc(=O)[nH]c(=O)[nH]1. The number of aromatic amines is 2. The van der Waals surface area contributed by atoms with Gasteiger partial charge in [0.1, 0.15) is 5.69 Å². The summed E-state index contributed by atoms with van der Waals surface area (Å²) >= 11 is 0. The summed E-state index contributed by atoms with van der Waals surface area (Å²) in [5.74, 6) is -0.472. The van der Waals surface area contributed by atoms with Crippen LogP contribution < -0.4 is 16.6 Å². The number of carbonyl (C=O) groups excluding carboxylic acids is 1. The van der Waals surface area contributed by atoms with Crippen LogP contribution in [-0.2, 0) is 0 Å². The minimum absolute atomic E-state index is 0.0441. The van der Waals surface area contributed by atoms with Gasteiger partial charge in [-0.2, -0.15) is 0 Å². The molecule has 1 heterocycles. The maximum atomic E-state index is 11.7. The van der Waals surface area contributed by atoms with E-state index in [1.54, 1.807) is 0 Å². The number of hydrogen-bond acceptors (Lipinski definition) is 4. The van der Waals surface area contributed by atoms with Crippen LogP contribution in [0.25, 0.3) is 0 Å². The van der Waals surface area contributed by atoms with E-state index in [9.17, 15) is 19.5 Å². The van der Waals surface area contributed by atoms with Gasteiger partial charge in [0.2, 0.25) is 0 Å². The van der Waals surface area contributed by atoms with Crippen LogP contribution in [0.2, 0.25) is 0 Å². The van der Waals surface area contributed by atoms with Gasteiger partial charge in [-0.05, 0) is 12.8 Å². The Bertz CT molecular complexity index is 519. The summed E-state index contributed by atoms with van der Waals surface area (Å²) in [5.41, 5.74) is -1.41. The van der Waals surface area contributed by atoms with Crippen molar-refractivity contribution < 1.29 is 9.90 Å². The van der Waals surface area contributed by atoms with E-state index in [1.165, 1.54) is 0 Å². The Labute approximate surface area is 102 Å². The normalized spacial score (nSPS) is 22.9. The molecule has 0 saturated heterocycles. The van der Waals surface area contributed by atoms with Gasteiger partial charge in [0.05, 0.1) is 6.10 Å². The lowest BCUT2D eigenvalue weighted by atomic mass is 10.1. The molecule has 2 atom stereocenters. The summed E-state index contributed by atoms with van der Waals surface area (Å²) in [6.07, 6.45) is 2.18. The number of aliphatic hydroxyl groups excluding tert-OH is 1. The van der Waals surface area contributed by atoms with Crippen LogP contribution in [-0.4, -0.2) is 33.6 Å². The summed E-state index contributed by atoms with van der Waals surface area (Å²) < 4.78 is 0. The number of H-pyrrole nitrogens is 2. The highest BCUT2D eigenvalue weighted by Crippen LogP contribution is 2.24. The lowest BCUT2D eigenvalue weighted by molar-refractivity contribution is 0.0911. The molecule has 0 aliphatic heterocycles. The highest BCUT2D eigenvalue weighted by Gasteiger charge is 2.25. The number of aromatic nitrogens is 2. The van der Waals surface area contributed by atoms with E-state index in [-0.39, 0.29) is 17.7 Å². The number of carbonyl (C=O) groups is 1. The highest BCUT2D eigenvalue weighted by atomic mass is 16.3. The minimum atomic E-state index is -0.714. The molecule has 4 N–H and O–H groups in total. The first kappa shape index (κ1) is 12.6. The van der Waals surface area contributed by atoms with E-state index in [2.05, 4.69) is 10.3 Å². The summed E-state index contributed by atoms with van der Waals surface area (Å²) in [6.45, 7) is 0.342. The van der Waals surface area contributed by atoms with Crippen molar-refractivity contribution in [3.8, 4) is 0 Å². The zero-order valence-corrected chi connectivity index (χ0v) is 9.73. The van der Waals surface area contributed by atoms with E-state index < -0.39 is 17.2 Å². The fourth-order valence-electron chi connectivity index (χ4n) is 2.17. The molecule has 7 nitrogen and oxygen atoms in total. The number of amides is 1. The molecule has 1 aromatic heterocycles. The second-order valence-corrected chi connectivity index (χ2v) is 4.47. The van der Waals surface area contributed by atoms with Gasteiger partial charge >= 0.3 is 5.69 Å². The molecule has 0 radical (unpaired) electrons. The van der Waals surface area contributed by atoms with Gasteiger partial charge in [0, 0.05) is 18.5 Å². The number of nitrogens with one attached hydrogen (secondary N) is 3. The van der Waals surface area contributed by atoms with Gasteiger partial charge in [0.15, 0.2) is 0 Å².